The van der Waals surface area contributed by atoms with Crippen LogP contribution in [0.3, 0.4) is 0 Å². The van der Waals surface area contributed by atoms with E-state index in [-0.39, 0.29) is 11.0 Å². The number of aromatic nitrogens is 1. The molecule has 3 aromatic rings. The molecule has 0 aliphatic carbocycles. The Bertz CT molecular complexity index is 1150. The van der Waals surface area contributed by atoms with E-state index in [4.69, 9.17) is 14.2 Å². The van der Waals surface area contributed by atoms with Crippen molar-refractivity contribution in [3.05, 3.63) is 42.0 Å². The Morgan fingerprint density at radius 1 is 1.10 bits per heavy atom. The number of aryl methyl sites for hydroxylation is 1. The molecule has 0 spiro atoms. The molecule has 0 amide bonds. The van der Waals surface area contributed by atoms with Crippen LogP contribution in [0.15, 0.2) is 41.3 Å². The van der Waals surface area contributed by atoms with Gasteiger partial charge in [-0.15, -0.1) is 0 Å². The Morgan fingerprint density at radius 2 is 1.87 bits per heavy atom. The zero-order chi connectivity index (χ0) is 21.3. The molecule has 9 heteroatoms. The molecule has 30 heavy (non-hydrogen) atoms. The average Bonchev–Trinajstić information content (AvgIpc) is 3.17. The van der Waals surface area contributed by atoms with Crippen molar-refractivity contribution >= 4 is 31.6 Å². The number of benzene rings is 2. The van der Waals surface area contributed by atoms with E-state index in [1.165, 1.54) is 35.9 Å². The number of piperidine rings is 1. The largest absolute Gasteiger partial charge is 0.497 e. The molecule has 2 heterocycles. The monoisotopic (exact) mass is 448 g/mol. The number of para-hydroxylation sites is 1. The molecule has 0 bridgehead atoms. The first-order valence-electron chi connectivity index (χ1n) is 9.67. The second-order valence-corrected chi connectivity index (χ2v) is 10.0. The van der Waals surface area contributed by atoms with Crippen molar-refractivity contribution in [3.63, 3.8) is 0 Å². The van der Waals surface area contributed by atoms with Crippen molar-refractivity contribution in [2.24, 2.45) is 0 Å². The highest BCUT2D eigenvalue weighted by atomic mass is 32.2. The number of nitrogens with zero attached hydrogens (tertiary/aromatic N) is 2. The maximum Gasteiger partial charge on any atom is 0.274 e. The first-order valence-corrected chi connectivity index (χ1v) is 11.9. The summed E-state index contributed by atoms with van der Waals surface area (Å²) in [5.74, 6) is 0.776. The molecule has 1 aliphatic rings. The van der Waals surface area contributed by atoms with Gasteiger partial charge in [0.1, 0.15) is 22.5 Å². The summed E-state index contributed by atoms with van der Waals surface area (Å²) in [7, 11) is -0.737. The Kier molecular flexibility index (Phi) is 5.86. The highest BCUT2D eigenvalue weighted by Crippen LogP contribution is 2.34. The van der Waals surface area contributed by atoms with Gasteiger partial charge in [0.25, 0.3) is 5.19 Å². The zero-order valence-electron chi connectivity index (χ0n) is 17.1. The lowest BCUT2D eigenvalue weighted by Crippen LogP contribution is -2.41. The van der Waals surface area contributed by atoms with Gasteiger partial charge >= 0.3 is 0 Å². The van der Waals surface area contributed by atoms with Crippen LogP contribution in [0.4, 0.5) is 0 Å². The standard InChI is InChI=1S/C21H24N2O5S2/c1-14-5-4-6-18-20(14)22-21(29-18)28-15-9-11-23(12-10-15)30(24,25)19-13-16(26-2)7-8-17(19)27-3/h4-8,13,15H,9-12H2,1-3H3. The van der Waals surface area contributed by atoms with Gasteiger partial charge in [0.2, 0.25) is 10.0 Å². The minimum Gasteiger partial charge on any atom is -0.497 e. The zero-order valence-corrected chi connectivity index (χ0v) is 18.8. The van der Waals surface area contributed by atoms with Gasteiger partial charge in [-0.05, 0) is 43.5 Å². The van der Waals surface area contributed by atoms with Crippen LogP contribution in [-0.2, 0) is 10.0 Å². The molecule has 0 saturated carbocycles. The van der Waals surface area contributed by atoms with Crippen LogP contribution in [0.2, 0.25) is 0 Å². The number of fused-ring (bicyclic) bond motifs is 1. The molecule has 1 aromatic heterocycles. The fourth-order valence-corrected chi connectivity index (χ4v) is 6.17. The normalized spacial score (nSPS) is 16.0. The predicted octanol–water partition coefficient (Wildman–Crippen LogP) is 3.85. The molecular weight excluding hydrogens is 424 g/mol. The lowest BCUT2D eigenvalue weighted by Gasteiger charge is -2.31. The molecule has 1 saturated heterocycles. The highest BCUT2D eigenvalue weighted by Gasteiger charge is 2.33. The van der Waals surface area contributed by atoms with Crippen LogP contribution >= 0.6 is 11.3 Å². The maximum atomic E-state index is 13.2. The van der Waals surface area contributed by atoms with Crippen LogP contribution < -0.4 is 14.2 Å². The van der Waals surface area contributed by atoms with Gasteiger partial charge < -0.3 is 14.2 Å². The second kappa shape index (κ2) is 8.41. The third-order valence-corrected chi connectivity index (χ3v) is 8.09. The van der Waals surface area contributed by atoms with Crippen molar-refractivity contribution in [1.82, 2.24) is 9.29 Å². The second-order valence-electron chi connectivity index (χ2n) is 7.14. The first-order chi connectivity index (χ1) is 14.4. The average molecular weight is 449 g/mol. The quantitative estimate of drug-likeness (QED) is 0.570. The lowest BCUT2D eigenvalue weighted by molar-refractivity contribution is 0.135. The van der Waals surface area contributed by atoms with Crippen LogP contribution in [0.25, 0.3) is 10.2 Å². The fourth-order valence-electron chi connectivity index (χ4n) is 3.57. The molecule has 1 aliphatic heterocycles. The van der Waals surface area contributed by atoms with E-state index in [1.54, 1.807) is 12.1 Å². The number of sulfonamides is 1. The number of thiazole rings is 1. The van der Waals surface area contributed by atoms with Crippen LogP contribution in [0.1, 0.15) is 18.4 Å². The molecule has 0 atom stereocenters. The van der Waals surface area contributed by atoms with Crippen molar-refractivity contribution in [2.45, 2.75) is 30.8 Å². The van der Waals surface area contributed by atoms with Crippen molar-refractivity contribution in [1.29, 1.82) is 0 Å². The number of hydrogen-bond acceptors (Lipinski definition) is 7. The van der Waals surface area contributed by atoms with Crippen LogP contribution in [0, 0.1) is 6.92 Å². The summed E-state index contributed by atoms with van der Waals surface area (Å²) < 4.78 is 45.5. The Balaban J connectivity index is 1.46. The lowest BCUT2D eigenvalue weighted by atomic mass is 10.1. The minimum atomic E-state index is -3.70. The molecule has 7 nitrogen and oxygen atoms in total. The predicted molar refractivity (Wildman–Crippen MR) is 116 cm³/mol. The molecule has 0 radical (unpaired) electrons. The summed E-state index contributed by atoms with van der Waals surface area (Å²) >= 11 is 1.52. The molecular formula is C21H24N2O5S2. The minimum absolute atomic E-state index is 0.0653. The first kappa shape index (κ1) is 20.9. The smallest absolute Gasteiger partial charge is 0.274 e. The third kappa shape index (κ3) is 3.97. The number of ether oxygens (including phenoxy) is 3. The Hall–Kier alpha value is -2.36. The fraction of sp³-hybridized carbons (Fsp3) is 0.381. The summed E-state index contributed by atoms with van der Waals surface area (Å²) in [5.41, 5.74) is 2.08. The van der Waals surface area contributed by atoms with Gasteiger partial charge in [-0.3, -0.25) is 0 Å². The van der Waals surface area contributed by atoms with Gasteiger partial charge in [0.15, 0.2) is 0 Å². The SMILES string of the molecule is COc1ccc(OC)c(S(=O)(=O)N2CCC(Oc3nc4c(C)cccc4s3)CC2)c1. The van der Waals surface area contributed by atoms with E-state index < -0.39 is 10.0 Å². The van der Waals surface area contributed by atoms with E-state index in [1.807, 2.05) is 25.1 Å². The summed E-state index contributed by atoms with van der Waals surface area (Å²) in [4.78, 5) is 4.71. The Labute approximate surface area is 180 Å². The summed E-state index contributed by atoms with van der Waals surface area (Å²) in [5, 5.41) is 0.634. The summed E-state index contributed by atoms with van der Waals surface area (Å²) in [6, 6.07) is 10.9. The third-order valence-electron chi connectivity index (χ3n) is 5.26. The van der Waals surface area contributed by atoms with Crippen molar-refractivity contribution < 1.29 is 22.6 Å². The van der Waals surface area contributed by atoms with Gasteiger partial charge in [-0.2, -0.15) is 4.31 Å². The maximum absolute atomic E-state index is 13.2. The molecule has 0 unspecified atom stereocenters. The number of hydrogen-bond donors (Lipinski definition) is 0. The van der Waals surface area contributed by atoms with E-state index in [2.05, 4.69) is 4.98 Å². The Morgan fingerprint density at radius 3 is 2.53 bits per heavy atom. The van der Waals surface area contributed by atoms with E-state index in [0.29, 0.717) is 42.6 Å². The molecule has 4 rings (SSSR count). The van der Waals surface area contributed by atoms with Gasteiger partial charge in [0.05, 0.1) is 24.4 Å². The summed E-state index contributed by atoms with van der Waals surface area (Å²) in [6.07, 6.45) is 1.13. The topological polar surface area (TPSA) is 78.0 Å². The van der Waals surface area contributed by atoms with Gasteiger partial charge in [-0.1, -0.05) is 23.5 Å². The van der Waals surface area contributed by atoms with Crippen LogP contribution in [-0.4, -0.2) is 51.1 Å². The molecule has 2 aromatic carbocycles. The molecule has 1 fully saturated rings. The number of rotatable bonds is 6. The van der Waals surface area contributed by atoms with Gasteiger partial charge in [0, 0.05) is 19.2 Å². The van der Waals surface area contributed by atoms with Crippen molar-refractivity contribution in [2.75, 3.05) is 27.3 Å². The number of methoxy groups -OCH3 is 2. The van der Waals surface area contributed by atoms with Crippen LogP contribution in [0.5, 0.6) is 16.7 Å². The van der Waals surface area contributed by atoms with E-state index in [9.17, 15) is 8.42 Å². The van der Waals surface area contributed by atoms with E-state index in [0.717, 1.165) is 15.8 Å². The highest BCUT2D eigenvalue weighted by molar-refractivity contribution is 7.89. The molecule has 160 valence electrons. The molecule has 0 N–H and O–H groups in total. The van der Waals surface area contributed by atoms with E-state index >= 15 is 0 Å². The summed E-state index contributed by atoms with van der Waals surface area (Å²) in [6.45, 7) is 2.77. The van der Waals surface area contributed by atoms with Gasteiger partial charge in [-0.25, -0.2) is 13.4 Å². The van der Waals surface area contributed by atoms with Crippen molar-refractivity contribution in [3.8, 4) is 16.7 Å².